The highest BCUT2D eigenvalue weighted by Crippen LogP contribution is 2.48. The van der Waals surface area contributed by atoms with E-state index in [-0.39, 0.29) is 42.8 Å². The summed E-state index contributed by atoms with van der Waals surface area (Å²) in [6.07, 6.45) is 0. The molecule has 2 N–H and O–H groups in total. The van der Waals surface area contributed by atoms with Crippen molar-refractivity contribution >= 4 is 58.0 Å². The average molecular weight is 373 g/mol. The van der Waals surface area contributed by atoms with Crippen LogP contribution >= 0.6 is 58.0 Å². The Kier molecular flexibility index (Phi) is 5.06. The summed E-state index contributed by atoms with van der Waals surface area (Å²) in [5, 5.41) is 0.159. The van der Waals surface area contributed by atoms with Crippen LogP contribution in [0.2, 0.25) is 25.1 Å². The van der Waals surface area contributed by atoms with E-state index in [1.54, 1.807) is 12.1 Å². The number of nitrogens with two attached hydrogens (primary N) is 1. The predicted octanol–water partition coefficient (Wildman–Crippen LogP) is 6.22. The van der Waals surface area contributed by atoms with Gasteiger partial charge < -0.3 is 5.73 Å². The molecule has 0 unspecified atom stereocenters. The maximum Gasteiger partial charge on any atom is 0.135 e. The van der Waals surface area contributed by atoms with Crippen LogP contribution in [0.15, 0.2) is 18.2 Å². The quantitative estimate of drug-likeness (QED) is 0.491. The van der Waals surface area contributed by atoms with Gasteiger partial charge in [-0.1, -0.05) is 76.2 Å². The molecule has 0 aromatic heterocycles. The molecule has 0 amide bonds. The first-order chi connectivity index (χ1) is 9.40. The normalized spacial score (nSPS) is 10.9. The topological polar surface area (TPSA) is 26.0 Å². The predicted molar refractivity (Wildman–Crippen MR) is 84.8 cm³/mol. The second-order valence-corrected chi connectivity index (χ2v) is 5.82. The molecule has 2 aromatic rings. The summed E-state index contributed by atoms with van der Waals surface area (Å²) in [4.78, 5) is 0. The molecule has 2 aromatic carbocycles. The Morgan fingerprint density at radius 3 is 1.85 bits per heavy atom. The third-order valence-corrected chi connectivity index (χ3v) is 5.05. The highest BCUT2D eigenvalue weighted by molar-refractivity contribution is 6.56. The molecule has 2 rings (SSSR count). The lowest BCUT2D eigenvalue weighted by molar-refractivity contribution is 0.614. The summed E-state index contributed by atoms with van der Waals surface area (Å²) in [6.45, 7) is 0.0456. The van der Waals surface area contributed by atoms with Gasteiger partial charge in [0.05, 0.1) is 25.1 Å². The molecule has 7 heteroatoms. The highest BCUT2D eigenvalue weighted by atomic mass is 35.5. The minimum absolute atomic E-state index is 0.0234. The van der Waals surface area contributed by atoms with Crippen LogP contribution in [0.1, 0.15) is 5.56 Å². The summed E-state index contributed by atoms with van der Waals surface area (Å²) < 4.78 is 14.4. The van der Waals surface area contributed by atoms with E-state index in [2.05, 4.69) is 0 Å². The Morgan fingerprint density at radius 2 is 1.35 bits per heavy atom. The zero-order chi connectivity index (χ0) is 15.0. The molecule has 0 aliphatic rings. The van der Waals surface area contributed by atoms with Crippen molar-refractivity contribution in [1.82, 2.24) is 0 Å². The molecular weight excluding hydrogens is 366 g/mol. The summed E-state index contributed by atoms with van der Waals surface area (Å²) >= 11 is 30.1. The molecular formula is C13H7Cl5FN. The molecule has 1 nitrogen and oxygen atoms in total. The van der Waals surface area contributed by atoms with Crippen LogP contribution in [-0.4, -0.2) is 0 Å². The maximum atomic E-state index is 14.4. The van der Waals surface area contributed by atoms with E-state index in [1.807, 2.05) is 0 Å². The van der Waals surface area contributed by atoms with Crippen molar-refractivity contribution in [2.75, 3.05) is 0 Å². The van der Waals surface area contributed by atoms with E-state index < -0.39 is 5.82 Å². The first kappa shape index (κ1) is 16.2. The fourth-order valence-corrected chi connectivity index (χ4v) is 3.11. The van der Waals surface area contributed by atoms with Gasteiger partial charge in [-0.05, 0) is 0 Å². The van der Waals surface area contributed by atoms with Crippen molar-refractivity contribution in [2.24, 2.45) is 5.73 Å². The van der Waals surface area contributed by atoms with Crippen molar-refractivity contribution in [3.8, 4) is 11.1 Å². The van der Waals surface area contributed by atoms with E-state index in [4.69, 9.17) is 63.7 Å². The maximum absolute atomic E-state index is 14.4. The highest BCUT2D eigenvalue weighted by Gasteiger charge is 2.22. The Hall–Kier alpha value is -0.220. The van der Waals surface area contributed by atoms with Gasteiger partial charge in [0.2, 0.25) is 0 Å². The van der Waals surface area contributed by atoms with Gasteiger partial charge in [0.25, 0.3) is 0 Å². The number of benzene rings is 2. The molecule has 0 spiro atoms. The molecule has 0 radical (unpaired) electrons. The summed E-state index contributed by atoms with van der Waals surface area (Å²) in [5.74, 6) is -0.520. The third-order valence-electron chi connectivity index (χ3n) is 2.78. The molecule has 20 heavy (non-hydrogen) atoms. The van der Waals surface area contributed by atoms with E-state index in [1.165, 1.54) is 6.07 Å². The third kappa shape index (κ3) is 2.61. The van der Waals surface area contributed by atoms with Crippen LogP contribution in [0.25, 0.3) is 11.1 Å². The SMILES string of the molecule is NCc1cccc(-c2c(Cl)c(Cl)c(Cl)c(Cl)c2Cl)c1F. The fraction of sp³-hybridized carbons (Fsp3) is 0.0769. The van der Waals surface area contributed by atoms with Gasteiger partial charge in [-0.3, -0.25) is 0 Å². The second kappa shape index (κ2) is 6.27. The minimum Gasteiger partial charge on any atom is -0.326 e. The second-order valence-electron chi connectivity index (χ2n) is 3.93. The Labute approximate surface area is 140 Å². The standard InChI is InChI=1S/C13H7Cl5FN/c14-8-7(9(15)11(17)12(18)10(8)16)6-3-1-2-5(4-20)13(6)19/h1-3H,4,20H2. The van der Waals surface area contributed by atoms with Crippen molar-refractivity contribution in [2.45, 2.75) is 6.54 Å². The minimum atomic E-state index is -0.520. The van der Waals surface area contributed by atoms with Gasteiger partial charge >= 0.3 is 0 Å². The molecule has 0 saturated carbocycles. The zero-order valence-electron chi connectivity index (χ0n) is 9.78. The Bertz CT molecular complexity index is 658. The molecule has 0 bridgehead atoms. The van der Waals surface area contributed by atoms with E-state index >= 15 is 0 Å². The van der Waals surface area contributed by atoms with Gasteiger partial charge in [0.1, 0.15) is 5.82 Å². The molecule has 0 atom stereocenters. The van der Waals surface area contributed by atoms with Crippen LogP contribution in [0, 0.1) is 5.82 Å². The summed E-state index contributed by atoms with van der Waals surface area (Å²) in [7, 11) is 0. The molecule has 0 fully saturated rings. The number of hydrogen-bond acceptors (Lipinski definition) is 1. The Morgan fingerprint density at radius 1 is 0.850 bits per heavy atom. The molecule has 0 saturated heterocycles. The smallest absolute Gasteiger partial charge is 0.135 e. The van der Waals surface area contributed by atoms with Crippen molar-refractivity contribution < 1.29 is 4.39 Å². The van der Waals surface area contributed by atoms with Crippen molar-refractivity contribution in [1.29, 1.82) is 0 Å². The van der Waals surface area contributed by atoms with Crippen LogP contribution in [0.5, 0.6) is 0 Å². The Balaban J connectivity index is 2.84. The number of halogens is 6. The fourth-order valence-electron chi connectivity index (χ4n) is 1.77. The van der Waals surface area contributed by atoms with E-state index in [0.29, 0.717) is 5.56 Å². The summed E-state index contributed by atoms with van der Waals surface area (Å²) in [6, 6.07) is 4.73. The summed E-state index contributed by atoms with van der Waals surface area (Å²) in [5.41, 5.74) is 6.17. The monoisotopic (exact) mass is 371 g/mol. The van der Waals surface area contributed by atoms with Crippen molar-refractivity contribution in [3.05, 3.63) is 54.7 Å². The van der Waals surface area contributed by atoms with Gasteiger partial charge in [0, 0.05) is 23.2 Å². The first-order valence-corrected chi connectivity index (χ1v) is 7.28. The largest absolute Gasteiger partial charge is 0.326 e. The lowest BCUT2D eigenvalue weighted by Crippen LogP contribution is -2.01. The van der Waals surface area contributed by atoms with Crippen LogP contribution < -0.4 is 5.73 Å². The van der Waals surface area contributed by atoms with Crippen LogP contribution in [0.4, 0.5) is 4.39 Å². The lowest BCUT2D eigenvalue weighted by Gasteiger charge is -2.14. The van der Waals surface area contributed by atoms with Gasteiger partial charge in [-0.25, -0.2) is 4.39 Å². The van der Waals surface area contributed by atoms with E-state index in [9.17, 15) is 4.39 Å². The lowest BCUT2D eigenvalue weighted by atomic mass is 10.0. The van der Waals surface area contributed by atoms with Gasteiger partial charge in [0.15, 0.2) is 0 Å². The number of hydrogen-bond donors (Lipinski definition) is 1. The average Bonchev–Trinajstić information content (AvgIpc) is 2.45. The molecule has 0 heterocycles. The van der Waals surface area contributed by atoms with Gasteiger partial charge in [-0.2, -0.15) is 0 Å². The van der Waals surface area contributed by atoms with Crippen LogP contribution in [0.3, 0.4) is 0 Å². The van der Waals surface area contributed by atoms with Crippen LogP contribution in [-0.2, 0) is 6.54 Å². The number of rotatable bonds is 2. The molecule has 0 aliphatic carbocycles. The van der Waals surface area contributed by atoms with Gasteiger partial charge in [-0.15, -0.1) is 0 Å². The van der Waals surface area contributed by atoms with E-state index in [0.717, 1.165) is 0 Å². The van der Waals surface area contributed by atoms with Crippen molar-refractivity contribution in [3.63, 3.8) is 0 Å². The molecule has 0 aliphatic heterocycles. The molecule has 106 valence electrons. The first-order valence-electron chi connectivity index (χ1n) is 5.39. The zero-order valence-corrected chi connectivity index (χ0v) is 13.6.